The molecule has 0 saturated carbocycles. The Hall–Kier alpha value is -1.96. The van der Waals surface area contributed by atoms with Gasteiger partial charge in [0.15, 0.2) is 18.3 Å². The van der Waals surface area contributed by atoms with Crippen molar-refractivity contribution in [1.82, 2.24) is 4.90 Å². The molecular weight excluding hydrogens is 441 g/mol. The number of rotatable bonds is 7. The zero-order valence-electron chi connectivity index (χ0n) is 18.9. The van der Waals surface area contributed by atoms with Crippen LogP contribution in [-0.2, 0) is 19.0 Å². The third kappa shape index (κ3) is 5.94. The highest BCUT2D eigenvalue weighted by Gasteiger charge is 2.48. The molecule has 3 rings (SSSR count). The molecule has 33 heavy (non-hydrogen) atoms. The SMILES string of the molecule is CCCCCOC(=O)N(C[N+]1(O)CCOCC1)C1=NC(=O)C([C@@H]2O[C@H](C)C(O)C2O)C=C1F. The maximum absolute atomic E-state index is 15.2. The Kier molecular flexibility index (Phi) is 8.54. The van der Waals surface area contributed by atoms with Gasteiger partial charge in [-0.3, -0.25) is 4.79 Å². The molecule has 186 valence electrons. The first kappa shape index (κ1) is 25.7. The number of morpholine rings is 1. The fourth-order valence-corrected chi connectivity index (χ4v) is 4.03. The van der Waals surface area contributed by atoms with E-state index in [-0.39, 0.29) is 39.6 Å². The van der Waals surface area contributed by atoms with E-state index in [0.29, 0.717) is 6.42 Å². The standard InChI is InChI=1S/C21H33FN3O8/c1-3-4-5-8-32-21(29)24(12-25(30)6-9-31-10-7-25)19-15(22)11-14(20(28)23-19)18-17(27)16(26)13(2)33-18/h11,13-14,16-18,26-27,30H,3-10,12H2,1-2H3/q+1/t13-,14?,16?,17?,18+/m1/s1. The number of aliphatic hydroxyl groups is 2. The van der Waals surface area contributed by atoms with Crippen LogP contribution in [-0.4, -0.2) is 107 Å². The Morgan fingerprint density at radius 1 is 1.30 bits per heavy atom. The number of dihydropyridines is 1. The van der Waals surface area contributed by atoms with E-state index in [9.17, 15) is 25.0 Å². The molecule has 2 fully saturated rings. The van der Waals surface area contributed by atoms with Gasteiger partial charge < -0.3 is 24.4 Å². The monoisotopic (exact) mass is 474 g/mol. The van der Waals surface area contributed by atoms with E-state index in [1.165, 1.54) is 6.92 Å². The fourth-order valence-electron chi connectivity index (χ4n) is 4.03. The van der Waals surface area contributed by atoms with E-state index in [1.54, 1.807) is 0 Å². The van der Waals surface area contributed by atoms with Crippen molar-refractivity contribution < 1.29 is 48.3 Å². The van der Waals surface area contributed by atoms with Crippen LogP contribution in [0.2, 0.25) is 0 Å². The van der Waals surface area contributed by atoms with Crippen LogP contribution in [0.3, 0.4) is 0 Å². The quantitative estimate of drug-likeness (QED) is 0.363. The molecule has 0 aliphatic carbocycles. The number of amidine groups is 1. The molecule has 0 radical (unpaired) electrons. The predicted molar refractivity (Wildman–Crippen MR) is 112 cm³/mol. The summed E-state index contributed by atoms with van der Waals surface area (Å²) in [7, 11) is 0. The van der Waals surface area contributed by atoms with E-state index in [2.05, 4.69) is 4.99 Å². The lowest BCUT2D eigenvalue weighted by atomic mass is 9.93. The number of quaternary nitrogens is 1. The van der Waals surface area contributed by atoms with Crippen LogP contribution in [0, 0.1) is 5.92 Å². The predicted octanol–water partition coefficient (Wildman–Crippen LogP) is 0.726. The van der Waals surface area contributed by atoms with Crippen LogP contribution in [0.25, 0.3) is 0 Å². The van der Waals surface area contributed by atoms with E-state index in [4.69, 9.17) is 14.2 Å². The summed E-state index contributed by atoms with van der Waals surface area (Å²) < 4.78 is 30.5. The molecule has 0 aromatic rings. The van der Waals surface area contributed by atoms with Gasteiger partial charge in [0.2, 0.25) is 0 Å². The Bertz CT molecular complexity index is 785. The summed E-state index contributed by atoms with van der Waals surface area (Å²) in [6.07, 6.45) is -2.17. The van der Waals surface area contributed by atoms with E-state index in [1.807, 2.05) is 6.92 Å². The first-order chi connectivity index (χ1) is 15.7. The molecule has 2 amide bonds. The summed E-state index contributed by atoms with van der Waals surface area (Å²) in [5, 5.41) is 30.9. The minimum absolute atomic E-state index is 0.102. The number of hydroxylamine groups is 3. The van der Waals surface area contributed by atoms with Crippen LogP contribution in [0.4, 0.5) is 9.18 Å². The molecule has 3 N–H and O–H groups in total. The van der Waals surface area contributed by atoms with Gasteiger partial charge in [-0.05, 0) is 19.4 Å². The highest BCUT2D eigenvalue weighted by Crippen LogP contribution is 2.31. The van der Waals surface area contributed by atoms with Crippen molar-refractivity contribution in [3.8, 4) is 0 Å². The lowest BCUT2D eigenvalue weighted by Crippen LogP contribution is -2.60. The lowest BCUT2D eigenvalue weighted by molar-refractivity contribution is -1.11. The van der Waals surface area contributed by atoms with E-state index < -0.39 is 58.6 Å². The molecule has 5 atom stereocenters. The minimum Gasteiger partial charge on any atom is -0.449 e. The van der Waals surface area contributed by atoms with Crippen molar-refractivity contribution in [3.05, 3.63) is 11.9 Å². The Labute approximate surface area is 191 Å². The molecular formula is C21H33FN3O8+. The van der Waals surface area contributed by atoms with E-state index >= 15 is 4.39 Å². The average molecular weight is 475 g/mol. The Morgan fingerprint density at radius 2 is 2.00 bits per heavy atom. The van der Waals surface area contributed by atoms with Crippen LogP contribution in [0.5, 0.6) is 0 Å². The lowest BCUT2D eigenvalue weighted by Gasteiger charge is -2.37. The second-order valence-electron chi connectivity index (χ2n) is 8.65. The van der Waals surface area contributed by atoms with Crippen molar-refractivity contribution in [2.75, 3.05) is 39.6 Å². The number of hydrogen-bond donors (Lipinski definition) is 3. The molecule has 3 heterocycles. The normalized spacial score (nSPS) is 31.7. The van der Waals surface area contributed by atoms with Gasteiger partial charge in [-0.1, -0.05) is 19.8 Å². The van der Waals surface area contributed by atoms with Crippen LogP contribution >= 0.6 is 0 Å². The minimum atomic E-state index is -1.39. The number of aliphatic hydroxyl groups excluding tert-OH is 2. The van der Waals surface area contributed by atoms with E-state index in [0.717, 1.165) is 23.8 Å². The third-order valence-electron chi connectivity index (χ3n) is 6.09. The number of carbonyl (C=O) groups excluding carboxylic acids is 2. The van der Waals surface area contributed by atoms with Gasteiger partial charge in [0, 0.05) is 0 Å². The van der Waals surface area contributed by atoms with Crippen LogP contribution in [0.1, 0.15) is 33.1 Å². The summed E-state index contributed by atoms with van der Waals surface area (Å²) in [6.45, 7) is 4.06. The summed E-state index contributed by atoms with van der Waals surface area (Å²) in [4.78, 5) is 30.2. The van der Waals surface area contributed by atoms with Gasteiger partial charge in [0.05, 0.1) is 31.8 Å². The molecule has 2 saturated heterocycles. The first-order valence-electron chi connectivity index (χ1n) is 11.3. The van der Waals surface area contributed by atoms with Crippen molar-refractivity contribution in [3.63, 3.8) is 0 Å². The molecule has 11 nitrogen and oxygen atoms in total. The average Bonchev–Trinajstić information content (AvgIpc) is 3.04. The second-order valence-corrected chi connectivity index (χ2v) is 8.65. The van der Waals surface area contributed by atoms with Crippen molar-refractivity contribution in [2.24, 2.45) is 10.9 Å². The summed E-state index contributed by atoms with van der Waals surface area (Å²) in [6, 6.07) is 0. The zero-order chi connectivity index (χ0) is 24.2. The summed E-state index contributed by atoms with van der Waals surface area (Å²) in [5.41, 5.74) is 0. The van der Waals surface area contributed by atoms with Gasteiger partial charge in [-0.15, -0.1) is 0 Å². The number of aliphatic imine (C=N–C) groups is 1. The molecule has 12 heteroatoms. The smallest absolute Gasteiger partial charge is 0.420 e. The Balaban J connectivity index is 1.81. The molecule has 0 bridgehead atoms. The van der Waals surface area contributed by atoms with Gasteiger partial charge >= 0.3 is 6.09 Å². The maximum Gasteiger partial charge on any atom is 0.420 e. The molecule has 0 aromatic carbocycles. The Morgan fingerprint density at radius 3 is 2.61 bits per heavy atom. The van der Waals surface area contributed by atoms with Crippen molar-refractivity contribution in [1.29, 1.82) is 0 Å². The van der Waals surface area contributed by atoms with Gasteiger partial charge in [-0.2, -0.15) is 9.64 Å². The number of halogens is 1. The number of carbonyl (C=O) groups is 2. The highest BCUT2D eigenvalue weighted by molar-refractivity contribution is 6.11. The fraction of sp³-hybridized carbons (Fsp3) is 0.762. The number of unbranched alkanes of at least 4 members (excludes halogenated alkanes) is 2. The summed E-state index contributed by atoms with van der Waals surface area (Å²) in [5.74, 6) is -3.68. The zero-order valence-corrected chi connectivity index (χ0v) is 18.9. The van der Waals surface area contributed by atoms with Gasteiger partial charge in [-0.25, -0.2) is 19.3 Å². The molecule has 3 aliphatic heterocycles. The molecule has 0 spiro atoms. The topological polar surface area (TPSA) is 138 Å². The largest absolute Gasteiger partial charge is 0.449 e. The van der Waals surface area contributed by atoms with Crippen molar-refractivity contribution >= 4 is 17.8 Å². The molecule has 3 unspecified atom stereocenters. The summed E-state index contributed by atoms with van der Waals surface area (Å²) >= 11 is 0. The second kappa shape index (κ2) is 11.0. The van der Waals surface area contributed by atoms with Crippen molar-refractivity contribution in [2.45, 2.75) is 57.5 Å². The molecule has 0 aromatic heterocycles. The number of hydrogen-bond acceptors (Lipinski definition) is 8. The molecule has 3 aliphatic rings. The van der Waals surface area contributed by atoms with Crippen LogP contribution in [0.15, 0.2) is 16.9 Å². The van der Waals surface area contributed by atoms with Crippen LogP contribution < -0.4 is 0 Å². The first-order valence-corrected chi connectivity index (χ1v) is 11.3. The number of amides is 2. The number of nitrogens with zero attached hydrogens (tertiary/aromatic N) is 3. The van der Waals surface area contributed by atoms with Gasteiger partial charge in [0.25, 0.3) is 5.91 Å². The maximum atomic E-state index is 15.2. The number of ether oxygens (including phenoxy) is 3. The van der Waals surface area contributed by atoms with Gasteiger partial charge in [0.1, 0.15) is 31.4 Å². The third-order valence-corrected chi connectivity index (χ3v) is 6.09. The highest BCUT2D eigenvalue weighted by atomic mass is 19.1.